The largest absolute Gasteiger partial charge is 0.484 e. The lowest BCUT2D eigenvalue weighted by Crippen LogP contribution is -2.41. The van der Waals surface area contributed by atoms with Gasteiger partial charge < -0.3 is 15.2 Å². The zero-order valence-corrected chi connectivity index (χ0v) is 12.9. The van der Waals surface area contributed by atoms with Crippen LogP contribution in [0.4, 0.5) is 0 Å². The topological polar surface area (TPSA) is 58.6 Å². The van der Waals surface area contributed by atoms with E-state index in [0.717, 1.165) is 5.56 Å². The summed E-state index contributed by atoms with van der Waals surface area (Å²) in [6.45, 7) is 5.90. The number of hydrogen-bond donors (Lipinski definition) is 2. The third-order valence-corrected chi connectivity index (χ3v) is 3.32. The standard InChI is InChI=1S/C15H22ClNO3/c1-10(2)13(6-7-18)17-15(19)9-20-14-5-4-12(16)8-11(14)3/h4-5,8,10,13,18H,6-7,9H2,1-3H3,(H,17,19). The lowest BCUT2D eigenvalue weighted by atomic mass is 10.0. The fraction of sp³-hybridized carbons (Fsp3) is 0.533. The van der Waals surface area contributed by atoms with Gasteiger partial charge in [-0.2, -0.15) is 0 Å². The molecule has 1 aromatic carbocycles. The Hall–Kier alpha value is -1.26. The van der Waals surface area contributed by atoms with Gasteiger partial charge >= 0.3 is 0 Å². The minimum atomic E-state index is -0.188. The fourth-order valence-corrected chi connectivity index (χ4v) is 2.10. The number of aliphatic hydroxyl groups excluding tert-OH is 1. The van der Waals surface area contributed by atoms with E-state index in [1.54, 1.807) is 18.2 Å². The van der Waals surface area contributed by atoms with Crippen molar-refractivity contribution in [3.8, 4) is 5.75 Å². The van der Waals surface area contributed by atoms with Crippen molar-refractivity contribution in [3.05, 3.63) is 28.8 Å². The smallest absolute Gasteiger partial charge is 0.258 e. The molecule has 4 nitrogen and oxygen atoms in total. The summed E-state index contributed by atoms with van der Waals surface area (Å²) in [5.74, 6) is 0.725. The summed E-state index contributed by atoms with van der Waals surface area (Å²) >= 11 is 5.86. The van der Waals surface area contributed by atoms with Gasteiger partial charge in [0, 0.05) is 17.7 Å². The molecular weight excluding hydrogens is 278 g/mol. The van der Waals surface area contributed by atoms with Gasteiger partial charge in [-0.25, -0.2) is 0 Å². The Kier molecular flexibility index (Phi) is 6.82. The second kappa shape index (κ2) is 8.12. The second-order valence-electron chi connectivity index (χ2n) is 5.13. The van der Waals surface area contributed by atoms with E-state index in [4.69, 9.17) is 21.4 Å². The number of amides is 1. The molecule has 0 aliphatic carbocycles. The number of nitrogens with one attached hydrogen (secondary N) is 1. The molecule has 0 aliphatic heterocycles. The number of halogens is 1. The van der Waals surface area contributed by atoms with Crippen LogP contribution >= 0.6 is 11.6 Å². The zero-order valence-electron chi connectivity index (χ0n) is 12.1. The highest BCUT2D eigenvalue weighted by atomic mass is 35.5. The average molecular weight is 300 g/mol. The van der Waals surface area contributed by atoms with Crippen molar-refractivity contribution in [2.75, 3.05) is 13.2 Å². The average Bonchev–Trinajstić information content (AvgIpc) is 2.37. The van der Waals surface area contributed by atoms with Crippen LogP contribution in [0.3, 0.4) is 0 Å². The monoisotopic (exact) mass is 299 g/mol. The number of aryl methyl sites for hydroxylation is 1. The minimum absolute atomic E-state index is 0.0394. The number of hydrogen-bond acceptors (Lipinski definition) is 3. The summed E-state index contributed by atoms with van der Waals surface area (Å²) < 4.78 is 5.48. The minimum Gasteiger partial charge on any atom is -0.484 e. The number of carbonyl (C=O) groups is 1. The lowest BCUT2D eigenvalue weighted by molar-refractivity contribution is -0.124. The SMILES string of the molecule is Cc1cc(Cl)ccc1OCC(=O)NC(CCO)C(C)C. The molecule has 0 saturated carbocycles. The highest BCUT2D eigenvalue weighted by molar-refractivity contribution is 6.30. The van der Waals surface area contributed by atoms with E-state index >= 15 is 0 Å². The predicted molar refractivity (Wildman–Crippen MR) is 80.2 cm³/mol. The van der Waals surface area contributed by atoms with Gasteiger partial charge in [0.05, 0.1) is 0 Å². The van der Waals surface area contributed by atoms with Gasteiger partial charge in [0.15, 0.2) is 6.61 Å². The van der Waals surface area contributed by atoms with Crippen LogP contribution in [0.1, 0.15) is 25.8 Å². The Morgan fingerprint density at radius 3 is 2.70 bits per heavy atom. The summed E-state index contributed by atoms with van der Waals surface area (Å²) in [4.78, 5) is 11.8. The molecule has 0 heterocycles. The molecule has 1 amide bonds. The van der Waals surface area contributed by atoms with E-state index in [0.29, 0.717) is 17.2 Å². The summed E-state index contributed by atoms with van der Waals surface area (Å²) in [6.07, 6.45) is 0.545. The number of benzene rings is 1. The van der Waals surface area contributed by atoms with Gasteiger partial charge in [0.2, 0.25) is 0 Å². The number of carbonyl (C=O) groups excluding carboxylic acids is 1. The quantitative estimate of drug-likeness (QED) is 0.813. The first kappa shape index (κ1) is 16.8. The lowest BCUT2D eigenvalue weighted by Gasteiger charge is -2.21. The van der Waals surface area contributed by atoms with Gasteiger partial charge in [-0.3, -0.25) is 4.79 Å². The first-order valence-corrected chi connectivity index (χ1v) is 7.11. The maximum atomic E-state index is 11.8. The first-order chi connectivity index (χ1) is 9.43. The molecule has 1 rings (SSSR count). The Morgan fingerprint density at radius 1 is 1.45 bits per heavy atom. The highest BCUT2D eigenvalue weighted by Gasteiger charge is 2.16. The highest BCUT2D eigenvalue weighted by Crippen LogP contribution is 2.21. The van der Waals surface area contributed by atoms with E-state index in [-0.39, 0.29) is 31.1 Å². The van der Waals surface area contributed by atoms with Crippen LogP contribution in [0.2, 0.25) is 5.02 Å². The summed E-state index contributed by atoms with van der Waals surface area (Å²) in [5.41, 5.74) is 0.890. The third-order valence-electron chi connectivity index (χ3n) is 3.09. The number of rotatable bonds is 7. The van der Waals surface area contributed by atoms with Gasteiger partial charge in [-0.1, -0.05) is 25.4 Å². The molecule has 0 radical (unpaired) electrons. The molecule has 0 aromatic heterocycles. The van der Waals surface area contributed by atoms with Crippen LogP contribution in [-0.4, -0.2) is 30.3 Å². The van der Waals surface area contributed by atoms with E-state index in [9.17, 15) is 4.79 Å². The maximum absolute atomic E-state index is 11.8. The second-order valence-corrected chi connectivity index (χ2v) is 5.57. The van der Waals surface area contributed by atoms with Crippen molar-refractivity contribution in [2.24, 2.45) is 5.92 Å². The van der Waals surface area contributed by atoms with E-state index in [1.807, 2.05) is 20.8 Å². The summed E-state index contributed by atoms with van der Waals surface area (Å²) in [7, 11) is 0. The third kappa shape index (κ3) is 5.39. The number of ether oxygens (including phenoxy) is 1. The molecule has 0 saturated heterocycles. The van der Waals surface area contributed by atoms with Crippen LogP contribution < -0.4 is 10.1 Å². The molecule has 2 N–H and O–H groups in total. The van der Waals surface area contributed by atoms with Crippen LogP contribution in [0.15, 0.2) is 18.2 Å². The Morgan fingerprint density at radius 2 is 2.15 bits per heavy atom. The van der Waals surface area contributed by atoms with Crippen molar-refractivity contribution >= 4 is 17.5 Å². The fourth-order valence-electron chi connectivity index (χ4n) is 1.88. The molecule has 20 heavy (non-hydrogen) atoms. The Labute approximate surface area is 125 Å². The van der Waals surface area contributed by atoms with Crippen molar-refractivity contribution < 1.29 is 14.6 Å². The summed E-state index contributed by atoms with van der Waals surface area (Å²) in [6, 6.07) is 5.23. The predicted octanol–water partition coefficient (Wildman–Crippen LogP) is 2.55. The van der Waals surface area contributed by atoms with Crippen LogP contribution in [0, 0.1) is 12.8 Å². The zero-order chi connectivity index (χ0) is 15.1. The maximum Gasteiger partial charge on any atom is 0.258 e. The van der Waals surface area contributed by atoms with Crippen LogP contribution in [-0.2, 0) is 4.79 Å². The van der Waals surface area contributed by atoms with Gasteiger partial charge in [-0.05, 0) is 43.0 Å². The Bertz CT molecular complexity index is 449. The molecule has 5 heteroatoms. The van der Waals surface area contributed by atoms with Crippen LogP contribution in [0.25, 0.3) is 0 Å². The first-order valence-electron chi connectivity index (χ1n) is 6.73. The molecule has 1 unspecified atom stereocenters. The molecule has 0 spiro atoms. The van der Waals surface area contributed by atoms with Gasteiger partial charge in [0.25, 0.3) is 5.91 Å². The van der Waals surface area contributed by atoms with E-state index < -0.39 is 0 Å². The van der Waals surface area contributed by atoms with E-state index in [1.165, 1.54) is 0 Å². The molecule has 0 aliphatic rings. The molecule has 1 aromatic rings. The Balaban J connectivity index is 2.50. The van der Waals surface area contributed by atoms with E-state index in [2.05, 4.69) is 5.32 Å². The molecular formula is C15H22ClNO3. The summed E-state index contributed by atoms with van der Waals surface area (Å²) in [5, 5.41) is 12.5. The molecule has 0 bridgehead atoms. The normalized spacial score (nSPS) is 12.3. The van der Waals surface area contributed by atoms with Crippen molar-refractivity contribution in [3.63, 3.8) is 0 Å². The van der Waals surface area contributed by atoms with Crippen LogP contribution in [0.5, 0.6) is 5.75 Å². The van der Waals surface area contributed by atoms with Crippen molar-refractivity contribution in [1.82, 2.24) is 5.32 Å². The van der Waals surface area contributed by atoms with Crippen molar-refractivity contribution in [2.45, 2.75) is 33.2 Å². The molecule has 112 valence electrons. The van der Waals surface area contributed by atoms with Gasteiger partial charge in [-0.15, -0.1) is 0 Å². The molecule has 0 fully saturated rings. The number of aliphatic hydroxyl groups is 1. The van der Waals surface area contributed by atoms with Gasteiger partial charge in [0.1, 0.15) is 5.75 Å². The van der Waals surface area contributed by atoms with Crippen molar-refractivity contribution in [1.29, 1.82) is 0 Å². The molecule has 1 atom stereocenters.